The van der Waals surface area contributed by atoms with E-state index in [-0.39, 0.29) is 0 Å². The quantitative estimate of drug-likeness (QED) is 0.772. The second-order valence-electron chi connectivity index (χ2n) is 4.65. The lowest BCUT2D eigenvalue weighted by Gasteiger charge is -2.05. The van der Waals surface area contributed by atoms with Crippen molar-refractivity contribution in [3.63, 3.8) is 0 Å². The first-order chi connectivity index (χ1) is 9.85. The highest BCUT2D eigenvalue weighted by Gasteiger charge is 2.01. The molecule has 1 N–H and O–H groups in total. The van der Waals surface area contributed by atoms with Gasteiger partial charge in [-0.05, 0) is 29.8 Å². The summed E-state index contributed by atoms with van der Waals surface area (Å²) in [6.07, 6.45) is 4.06. The molecule has 0 saturated heterocycles. The summed E-state index contributed by atoms with van der Waals surface area (Å²) in [5.74, 6) is 0.886. The van der Waals surface area contributed by atoms with Crippen LogP contribution in [0.25, 0.3) is 5.65 Å². The van der Waals surface area contributed by atoms with Crippen LogP contribution in [0.3, 0.4) is 0 Å². The molecule has 1 aromatic carbocycles. The van der Waals surface area contributed by atoms with Crippen molar-refractivity contribution >= 4 is 5.65 Å². The third kappa shape index (κ3) is 2.81. The minimum absolute atomic E-state index is 0.749. The highest BCUT2D eigenvalue weighted by atomic mass is 16.5. The molecule has 3 rings (SSSR count). The van der Waals surface area contributed by atoms with Gasteiger partial charge in [-0.3, -0.25) is 0 Å². The maximum absolute atomic E-state index is 5.22. The van der Waals surface area contributed by atoms with Crippen LogP contribution >= 0.6 is 0 Å². The van der Waals surface area contributed by atoms with Crippen molar-refractivity contribution in [1.29, 1.82) is 0 Å². The Morgan fingerprint density at radius 2 is 2.10 bits per heavy atom. The third-order valence-electron chi connectivity index (χ3n) is 3.18. The van der Waals surface area contributed by atoms with Crippen LogP contribution in [0.1, 0.15) is 11.3 Å². The molecule has 0 saturated carbocycles. The van der Waals surface area contributed by atoms with E-state index in [0.29, 0.717) is 0 Å². The van der Waals surface area contributed by atoms with E-state index in [9.17, 15) is 0 Å². The van der Waals surface area contributed by atoms with Gasteiger partial charge < -0.3 is 14.5 Å². The van der Waals surface area contributed by atoms with Crippen LogP contribution in [0.5, 0.6) is 5.75 Å². The molecule has 0 aliphatic rings. The maximum Gasteiger partial charge on any atom is 0.137 e. The molecule has 0 aliphatic heterocycles. The smallest absolute Gasteiger partial charge is 0.137 e. The fourth-order valence-electron chi connectivity index (χ4n) is 2.19. The minimum atomic E-state index is 0.749. The fourth-order valence-corrected chi connectivity index (χ4v) is 2.19. The number of nitrogens with one attached hydrogen (secondary N) is 1. The molecular weight excluding hydrogens is 250 g/mol. The van der Waals surface area contributed by atoms with Gasteiger partial charge in [0, 0.05) is 25.5 Å². The second kappa shape index (κ2) is 5.75. The number of pyridine rings is 1. The summed E-state index contributed by atoms with van der Waals surface area (Å²) in [5, 5.41) is 3.40. The van der Waals surface area contributed by atoms with E-state index in [1.165, 1.54) is 5.56 Å². The molecular formula is C16H17N3O. The van der Waals surface area contributed by atoms with Crippen LogP contribution in [0.15, 0.2) is 54.9 Å². The standard InChI is InChI=1S/C16H17N3O/c1-20-15-6-4-5-13(9-15)10-17-11-14-12-19-8-3-2-7-16(19)18-14/h2-9,12,17H,10-11H2,1H3. The number of methoxy groups -OCH3 is 1. The van der Waals surface area contributed by atoms with Gasteiger partial charge in [-0.25, -0.2) is 4.98 Å². The van der Waals surface area contributed by atoms with E-state index >= 15 is 0 Å². The summed E-state index contributed by atoms with van der Waals surface area (Å²) in [6.45, 7) is 1.55. The maximum atomic E-state index is 5.22. The average molecular weight is 267 g/mol. The molecule has 102 valence electrons. The Hall–Kier alpha value is -2.33. The molecule has 0 fully saturated rings. The minimum Gasteiger partial charge on any atom is -0.497 e. The van der Waals surface area contributed by atoms with Gasteiger partial charge in [0.15, 0.2) is 0 Å². The first-order valence-electron chi connectivity index (χ1n) is 6.61. The highest BCUT2D eigenvalue weighted by molar-refractivity contribution is 5.39. The number of hydrogen-bond acceptors (Lipinski definition) is 3. The van der Waals surface area contributed by atoms with E-state index in [1.54, 1.807) is 7.11 Å². The van der Waals surface area contributed by atoms with Crippen molar-refractivity contribution in [2.75, 3.05) is 7.11 Å². The number of hydrogen-bond donors (Lipinski definition) is 1. The van der Waals surface area contributed by atoms with Crippen molar-refractivity contribution in [1.82, 2.24) is 14.7 Å². The Bertz CT molecular complexity index is 673. The molecule has 0 aliphatic carbocycles. The molecule has 4 heteroatoms. The van der Waals surface area contributed by atoms with E-state index in [4.69, 9.17) is 4.74 Å². The van der Waals surface area contributed by atoms with Crippen LogP contribution in [0.4, 0.5) is 0 Å². The molecule has 4 nitrogen and oxygen atoms in total. The number of fused-ring (bicyclic) bond motifs is 1. The van der Waals surface area contributed by atoms with Crippen molar-refractivity contribution in [3.05, 3.63) is 66.1 Å². The number of ether oxygens (including phenoxy) is 1. The van der Waals surface area contributed by atoms with Gasteiger partial charge in [-0.2, -0.15) is 0 Å². The third-order valence-corrected chi connectivity index (χ3v) is 3.18. The van der Waals surface area contributed by atoms with Gasteiger partial charge in [-0.15, -0.1) is 0 Å². The van der Waals surface area contributed by atoms with E-state index in [0.717, 1.165) is 30.2 Å². The Morgan fingerprint density at radius 1 is 1.15 bits per heavy atom. The normalized spacial score (nSPS) is 10.8. The first-order valence-corrected chi connectivity index (χ1v) is 6.61. The summed E-state index contributed by atoms with van der Waals surface area (Å²) >= 11 is 0. The van der Waals surface area contributed by atoms with Crippen molar-refractivity contribution < 1.29 is 4.74 Å². The molecule has 0 spiro atoms. The number of nitrogens with zero attached hydrogens (tertiary/aromatic N) is 2. The van der Waals surface area contributed by atoms with Gasteiger partial charge in [0.2, 0.25) is 0 Å². The predicted molar refractivity (Wildman–Crippen MR) is 78.7 cm³/mol. The Morgan fingerprint density at radius 3 is 2.95 bits per heavy atom. The molecule has 0 bridgehead atoms. The van der Waals surface area contributed by atoms with E-state index in [1.807, 2.05) is 53.2 Å². The summed E-state index contributed by atoms with van der Waals surface area (Å²) in [6, 6.07) is 14.1. The van der Waals surface area contributed by atoms with E-state index in [2.05, 4.69) is 16.4 Å². The molecule has 0 atom stereocenters. The molecule has 0 radical (unpaired) electrons. The second-order valence-corrected chi connectivity index (χ2v) is 4.65. The fraction of sp³-hybridized carbons (Fsp3) is 0.188. The number of benzene rings is 1. The highest BCUT2D eigenvalue weighted by Crippen LogP contribution is 2.12. The number of imidazole rings is 1. The van der Waals surface area contributed by atoms with E-state index < -0.39 is 0 Å². The van der Waals surface area contributed by atoms with Crippen LogP contribution in [0.2, 0.25) is 0 Å². The van der Waals surface area contributed by atoms with Gasteiger partial charge >= 0.3 is 0 Å². The number of rotatable bonds is 5. The summed E-state index contributed by atoms with van der Waals surface area (Å²) in [4.78, 5) is 4.55. The average Bonchev–Trinajstić information content (AvgIpc) is 2.90. The number of aromatic nitrogens is 2. The van der Waals surface area contributed by atoms with Crippen LogP contribution in [-0.4, -0.2) is 16.5 Å². The molecule has 3 aromatic rings. The van der Waals surface area contributed by atoms with Crippen LogP contribution in [-0.2, 0) is 13.1 Å². The van der Waals surface area contributed by atoms with Crippen LogP contribution in [0, 0.1) is 0 Å². The molecule has 0 unspecified atom stereocenters. The van der Waals surface area contributed by atoms with Gasteiger partial charge in [-0.1, -0.05) is 18.2 Å². The monoisotopic (exact) mass is 267 g/mol. The van der Waals surface area contributed by atoms with Crippen LogP contribution < -0.4 is 10.1 Å². The summed E-state index contributed by atoms with van der Waals surface area (Å²) in [7, 11) is 1.68. The lowest BCUT2D eigenvalue weighted by molar-refractivity contribution is 0.414. The largest absolute Gasteiger partial charge is 0.497 e. The summed E-state index contributed by atoms with van der Waals surface area (Å²) < 4.78 is 7.25. The summed E-state index contributed by atoms with van der Waals surface area (Å²) in [5.41, 5.74) is 3.22. The molecule has 2 aromatic heterocycles. The SMILES string of the molecule is COc1cccc(CNCc2cn3ccccc3n2)c1. The lowest BCUT2D eigenvalue weighted by atomic mass is 10.2. The molecule has 2 heterocycles. The zero-order chi connectivity index (χ0) is 13.8. The van der Waals surface area contributed by atoms with Gasteiger partial charge in [0.05, 0.1) is 12.8 Å². The first kappa shape index (κ1) is 12.7. The molecule has 20 heavy (non-hydrogen) atoms. The Labute approximate surface area is 118 Å². The van der Waals surface area contributed by atoms with Crippen molar-refractivity contribution in [2.24, 2.45) is 0 Å². The van der Waals surface area contributed by atoms with Crippen molar-refractivity contribution in [2.45, 2.75) is 13.1 Å². The Kier molecular flexibility index (Phi) is 3.65. The topological polar surface area (TPSA) is 38.6 Å². The zero-order valence-corrected chi connectivity index (χ0v) is 11.4. The lowest BCUT2D eigenvalue weighted by Crippen LogP contribution is -2.12. The van der Waals surface area contributed by atoms with Gasteiger partial charge in [0.25, 0.3) is 0 Å². The predicted octanol–water partition coefficient (Wildman–Crippen LogP) is 2.63. The molecule has 0 amide bonds. The zero-order valence-electron chi connectivity index (χ0n) is 11.4. The Balaban J connectivity index is 1.61. The van der Waals surface area contributed by atoms with Crippen molar-refractivity contribution in [3.8, 4) is 5.75 Å². The van der Waals surface area contributed by atoms with Gasteiger partial charge in [0.1, 0.15) is 11.4 Å².